The van der Waals surface area contributed by atoms with Crippen molar-refractivity contribution in [1.29, 1.82) is 0 Å². The number of esters is 1. The lowest BCUT2D eigenvalue weighted by Gasteiger charge is -2.39. The Morgan fingerprint density at radius 1 is 1.23 bits per heavy atom. The average molecular weight is 489 g/mol. The largest absolute Gasteiger partial charge is 0.469 e. The highest BCUT2D eigenvalue weighted by molar-refractivity contribution is 6.02. The third-order valence-corrected chi connectivity index (χ3v) is 6.85. The highest BCUT2D eigenvalue weighted by Crippen LogP contribution is 2.46. The maximum absolute atomic E-state index is 13.6. The predicted octanol–water partition coefficient (Wildman–Crippen LogP) is 2.22. The molecule has 2 aliphatic rings. The molecule has 3 N–H and O–H groups in total. The smallest absolute Gasteiger partial charge is 0.407 e. The number of carboxylic acid groups (broad SMARTS) is 1. The number of methoxy groups -OCH3 is 1. The summed E-state index contributed by atoms with van der Waals surface area (Å²) in [5, 5.41) is 9.31. The fraction of sp³-hybridized carbons (Fsp3) is 0.600. The lowest BCUT2D eigenvalue weighted by atomic mass is 9.81. The number of carbonyl (C=O) groups excluding carboxylic acids is 3. The van der Waals surface area contributed by atoms with Gasteiger partial charge in [0.15, 0.2) is 0 Å². The van der Waals surface area contributed by atoms with E-state index >= 15 is 0 Å². The van der Waals surface area contributed by atoms with E-state index in [1.54, 1.807) is 0 Å². The van der Waals surface area contributed by atoms with Crippen molar-refractivity contribution >= 4 is 23.9 Å². The van der Waals surface area contributed by atoms with Gasteiger partial charge >= 0.3 is 12.1 Å². The maximum Gasteiger partial charge on any atom is 0.407 e. The van der Waals surface area contributed by atoms with E-state index in [0.29, 0.717) is 31.7 Å². The van der Waals surface area contributed by atoms with Crippen LogP contribution in [0.4, 0.5) is 4.79 Å². The minimum absolute atomic E-state index is 0.0210. The Morgan fingerprint density at radius 2 is 1.91 bits per heavy atom. The molecule has 1 fully saturated rings. The van der Waals surface area contributed by atoms with Crippen LogP contribution < -0.4 is 5.73 Å². The molecule has 3 amide bonds. The molecule has 2 unspecified atom stereocenters. The van der Waals surface area contributed by atoms with Crippen LogP contribution in [0.3, 0.4) is 0 Å². The molecule has 10 nitrogen and oxygen atoms in total. The molecule has 0 aliphatic carbocycles. The van der Waals surface area contributed by atoms with Gasteiger partial charge in [-0.05, 0) is 36.0 Å². The fourth-order valence-electron chi connectivity index (χ4n) is 5.23. The number of hydrogen-bond donors (Lipinski definition) is 2. The summed E-state index contributed by atoms with van der Waals surface area (Å²) in [6.45, 7) is 10.1. The van der Waals surface area contributed by atoms with Crippen LogP contribution in [0, 0.1) is 5.41 Å². The van der Waals surface area contributed by atoms with Crippen LogP contribution in [0.15, 0.2) is 18.2 Å². The van der Waals surface area contributed by atoms with Crippen molar-refractivity contribution in [2.24, 2.45) is 11.1 Å². The van der Waals surface area contributed by atoms with Gasteiger partial charge < -0.3 is 25.4 Å². The van der Waals surface area contributed by atoms with Crippen molar-refractivity contribution in [2.75, 3.05) is 26.7 Å². The molecule has 35 heavy (non-hydrogen) atoms. The highest BCUT2D eigenvalue weighted by atomic mass is 16.5. The van der Waals surface area contributed by atoms with Gasteiger partial charge in [0.2, 0.25) is 5.91 Å². The highest BCUT2D eigenvalue weighted by Gasteiger charge is 2.47. The Kier molecular flexibility index (Phi) is 7.74. The molecule has 1 aromatic carbocycles. The molecule has 1 saturated heterocycles. The quantitative estimate of drug-likeness (QED) is 0.562. The minimum Gasteiger partial charge on any atom is -0.469 e. The summed E-state index contributed by atoms with van der Waals surface area (Å²) in [6.07, 6.45) is -0.843. The second-order valence-electron chi connectivity index (χ2n) is 10.5. The third-order valence-electron chi connectivity index (χ3n) is 6.85. The van der Waals surface area contributed by atoms with E-state index in [2.05, 4.69) is 4.90 Å². The molecule has 0 spiro atoms. The average Bonchev–Trinajstić information content (AvgIpc) is 3.05. The van der Waals surface area contributed by atoms with Crippen molar-refractivity contribution in [2.45, 2.75) is 65.2 Å². The third kappa shape index (κ3) is 5.58. The SMILES string of the molecule is COC(=O)CCC(C(N)=O)N1C(=O)c2cc(CN3CCN(C(=O)O)[C@@H](C)C3)ccc2C1C(C)(C)C. The molecule has 3 rings (SSSR count). The van der Waals surface area contributed by atoms with E-state index < -0.39 is 24.0 Å². The second-order valence-corrected chi connectivity index (χ2v) is 10.5. The van der Waals surface area contributed by atoms with Crippen LogP contribution in [-0.4, -0.2) is 82.5 Å². The topological polar surface area (TPSA) is 133 Å². The molecule has 0 bridgehead atoms. The fourth-order valence-corrected chi connectivity index (χ4v) is 5.23. The predicted molar refractivity (Wildman–Crippen MR) is 129 cm³/mol. The summed E-state index contributed by atoms with van der Waals surface area (Å²) < 4.78 is 4.71. The molecule has 0 saturated carbocycles. The number of benzene rings is 1. The molecule has 0 radical (unpaired) electrons. The number of fused-ring (bicyclic) bond motifs is 1. The number of carbonyl (C=O) groups is 4. The molecule has 2 heterocycles. The van der Waals surface area contributed by atoms with Gasteiger partial charge in [-0.15, -0.1) is 0 Å². The summed E-state index contributed by atoms with van der Waals surface area (Å²) in [7, 11) is 1.28. The first-order chi connectivity index (χ1) is 16.3. The monoisotopic (exact) mass is 488 g/mol. The summed E-state index contributed by atoms with van der Waals surface area (Å²) >= 11 is 0. The van der Waals surface area contributed by atoms with E-state index in [4.69, 9.17) is 10.5 Å². The molecule has 2 aliphatic heterocycles. The lowest BCUT2D eigenvalue weighted by Crippen LogP contribution is -2.53. The molecular formula is C25H36N4O6. The first kappa shape index (κ1) is 26.5. The van der Waals surface area contributed by atoms with E-state index in [-0.39, 0.29) is 36.2 Å². The standard InChI is InChI=1S/C25H36N4O6/c1-15-13-27(10-11-28(15)24(33)34)14-16-6-7-17-18(12-16)23(32)29(21(17)25(2,3)4)19(22(26)31)8-9-20(30)35-5/h6-7,12,15,19,21H,8-11,13-14H2,1-5H3,(H2,26,31)(H,33,34)/t15-,19?,21?/m0/s1. The maximum atomic E-state index is 13.6. The van der Waals surface area contributed by atoms with E-state index in [0.717, 1.165) is 11.1 Å². The first-order valence-corrected chi connectivity index (χ1v) is 11.9. The summed E-state index contributed by atoms with van der Waals surface area (Å²) in [5.74, 6) is -1.40. The molecule has 10 heteroatoms. The Labute approximate surface area is 206 Å². The number of amides is 3. The van der Waals surface area contributed by atoms with Gasteiger partial charge in [0.1, 0.15) is 6.04 Å². The van der Waals surface area contributed by atoms with Crippen molar-refractivity contribution in [3.05, 3.63) is 34.9 Å². The number of nitrogens with zero attached hydrogens (tertiary/aromatic N) is 3. The minimum atomic E-state index is -0.938. The van der Waals surface area contributed by atoms with Crippen molar-refractivity contribution in [1.82, 2.24) is 14.7 Å². The van der Waals surface area contributed by atoms with Crippen LogP contribution >= 0.6 is 0 Å². The van der Waals surface area contributed by atoms with Crippen LogP contribution in [0.25, 0.3) is 0 Å². The van der Waals surface area contributed by atoms with Crippen LogP contribution in [0.5, 0.6) is 0 Å². The summed E-state index contributed by atoms with van der Waals surface area (Å²) in [6, 6.07) is 4.34. The van der Waals surface area contributed by atoms with E-state index in [1.165, 1.54) is 16.9 Å². The Morgan fingerprint density at radius 3 is 2.46 bits per heavy atom. The number of ether oxygens (including phenoxy) is 1. The summed E-state index contributed by atoms with van der Waals surface area (Å²) in [5.41, 5.74) is 7.63. The van der Waals surface area contributed by atoms with Crippen molar-refractivity contribution in [3.8, 4) is 0 Å². The van der Waals surface area contributed by atoms with E-state index in [1.807, 2.05) is 45.9 Å². The lowest BCUT2D eigenvalue weighted by molar-refractivity contribution is -0.141. The van der Waals surface area contributed by atoms with Gasteiger partial charge in [0.25, 0.3) is 5.91 Å². The number of nitrogens with two attached hydrogens (primary N) is 1. The zero-order chi connectivity index (χ0) is 26.1. The molecular weight excluding hydrogens is 452 g/mol. The van der Waals surface area contributed by atoms with Crippen molar-refractivity contribution < 1.29 is 29.0 Å². The van der Waals surface area contributed by atoms with Crippen LogP contribution in [-0.2, 0) is 20.9 Å². The zero-order valence-electron chi connectivity index (χ0n) is 21.1. The van der Waals surface area contributed by atoms with Gasteiger partial charge in [-0.2, -0.15) is 0 Å². The van der Waals surface area contributed by atoms with Crippen LogP contribution in [0.1, 0.15) is 68.1 Å². The number of rotatable bonds is 7. The van der Waals surface area contributed by atoms with Crippen LogP contribution in [0.2, 0.25) is 0 Å². The second kappa shape index (κ2) is 10.2. The van der Waals surface area contributed by atoms with Gasteiger partial charge in [0, 0.05) is 44.2 Å². The van der Waals surface area contributed by atoms with Gasteiger partial charge in [0.05, 0.1) is 13.2 Å². The Hall–Kier alpha value is -3.14. The van der Waals surface area contributed by atoms with Gasteiger partial charge in [-0.25, -0.2) is 4.79 Å². The molecule has 192 valence electrons. The van der Waals surface area contributed by atoms with Gasteiger partial charge in [-0.1, -0.05) is 32.9 Å². The number of piperazine rings is 1. The van der Waals surface area contributed by atoms with E-state index in [9.17, 15) is 24.3 Å². The van der Waals surface area contributed by atoms with Crippen molar-refractivity contribution in [3.63, 3.8) is 0 Å². The molecule has 1 aromatic rings. The molecule has 0 aromatic heterocycles. The Bertz CT molecular complexity index is 1000. The molecule has 3 atom stereocenters. The first-order valence-electron chi connectivity index (χ1n) is 11.9. The Balaban J connectivity index is 1.87. The number of hydrogen-bond acceptors (Lipinski definition) is 6. The number of primary amides is 1. The normalized spacial score (nSPS) is 21.6. The zero-order valence-corrected chi connectivity index (χ0v) is 21.1. The summed E-state index contributed by atoms with van der Waals surface area (Å²) in [4.78, 5) is 54.3. The van der Waals surface area contributed by atoms with Gasteiger partial charge in [-0.3, -0.25) is 19.3 Å².